The molecule has 1 aliphatic rings. The molecule has 0 radical (unpaired) electrons. The van der Waals surface area contributed by atoms with Crippen molar-refractivity contribution >= 4 is 11.8 Å². The van der Waals surface area contributed by atoms with E-state index in [4.69, 9.17) is 4.74 Å². The monoisotopic (exact) mass is 224 g/mol. The Morgan fingerprint density at radius 2 is 2.40 bits per heavy atom. The third kappa shape index (κ3) is 2.63. The summed E-state index contributed by atoms with van der Waals surface area (Å²) in [5, 5.41) is 3.93. The second kappa shape index (κ2) is 4.86. The minimum Gasteiger partial charge on any atom is -0.481 e. The van der Waals surface area contributed by atoms with E-state index in [1.54, 1.807) is 7.11 Å². The van der Waals surface area contributed by atoms with Crippen molar-refractivity contribution in [3.05, 3.63) is 23.9 Å². The molecule has 3 nitrogen and oxygen atoms in total. The topological polar surface area (TPSA) is 34.1 Å². The molecule has 0 amide bonds. The highest BCUT2D eigenvalue weighted by Gasteiger charge is 2.19. The van der Waals surface area contributed by atoms with Crippen molar-refractivity contribution in [2.75, 3.05) is 12.9 Å². The van der Waals surface area contributed by atoms with Crippen molar-refractivity contribution < 1.29 is 4.74 Å². The first-order chi connectivity index (χ1) is 7.29. The summed E-state index contributed by atoms with van der Waals surface area (Å²) in [5.74, 6) is 1.89. The Morgan fingerprint density at radius 3 is 3.00 bits per heavy atom. The molecule has 1 aromatic heterocycles. The molecule has 1 fully saturated rings. The molecule has 82 valence electrons. The number of hydrogen-bond donors (Lipinski definition) is 1. The minimum absolute atomic E-state index is 0.382. The molecule has 1 saturated heterocycles. The summed E-state index contributed by atoms with van der Waals surface area (Å²) in [5.41, 5.74) is 1.23. The molecule has 2 unspecified atom stereocenters. The lowest BCUT2D eigenvalue weighted by Crippen LogP contribution is -2.33. The summed E-state index contributed by atoms with van der Waals surface area (Å²) in [6.45, 7) is 2.23. The zero-order chi connectivity index (χ0) is 10.7. The lowest BCUT2D eigenvalue weighted by atomic mass is 10.2. The van der Waals surface area contributed by atoms with E-state index in [1.165, 1.54) is 17.7 Å². The van der Waals surface area contributed by atoms with Crippen molar-refractivity contribution in [2.24, 2.45) is 0 Å². The quantitative estimate of drug-likeness (QED) is 0.835. The molecule has 1 aromatic rings. The normalized spacial score (nSPS) is 26.3. The van der Waals surface area contributed by atoms with E-state index >= 15 is 0 Å². The van der Waals surface area contributed by atoms with Crippen LogP contribution >= 0.6 is 11.8 Å². The van der Waals surface area contributed by atoms with Gasteiger partial charge in [-0.3, -0.25) is 5.32 Å². The maximum absolute atomic E-state index is 5.04. The second-order valence-electron chi connectivity index (χ2n) is 3.74. The van der Waals surface area contributed by atoms with E-state index in [2.05, 4.69) is 23.3 Å². The van der Waals surface area contributed by atoms with Crippen LogP contribution in [-0.4, -0.2) is 23.9 Å². The highest BCUT2D eigenvalue weighted by molar-refractivity contribution is 7.99. The summed E-state index contributed by atoms with van der Waals surface area (Å²) in [7, 11) is 1.64. The molecule has 2 rings (SSSR count). The summed E-state index contributed by atoms with van der Waals surface area (Å²) in [4.78, 5) is 4.22. The number of nitrogens with zero attached hydrogens (tertiary/aromatic N) is 1. The van der Waals surface area contributed by atoms with Crippen LogP contribution in [0.4, 0.5) is 0 Å². The van der Waals surface area contributed by atoms with E-state index < -0.39 is 0 Å². The van der Waals surface area contributed by atoms with Gasteiger partial charge in [0.2, 0.25) is 5.88 Å². The standard InChI is InChI=1S/C11H16N2OS/c1-8-5-6-15-11(13-8)9-3-4-10(14-2)12-7-9/h3-4,7-8,11,13H,5-6H2,1-2H3. The van der Waals surface area contributed by atoms with Gasteiger partial charge in [0.25, 0.3) is 0 Å². The summed E-state index contributed by atoms with van der Waals surface area (Å²) >= 11 is 1.94. The first kappa shape index (κ1) is 10.8. The van der Waals surface area contributed by atoms with Crippen LogP contribution in [0.3, 0.4) is 0 Å². The van der Waals surface area contributed by atoms with Gasteiger partial charge in [0, 0.05) is 18.3 Å². The summed E-state index contributed by atoms with van der Waals surface area (Å²) in [6, 6.07) is 4.59. The van der Waals surface area contributed by atoms with Gasteiger partial charge in [-0.1, -0.05) is 0 Å². The predicted octanol–water partition coefficient (Wildman–Crippen LogP) is 2.20. The fraction of sp³-hybridized carbons (Fsp3) is 0.545. The van der Waals surface area contributed by atoms with Gasteiger partial charge in [-0.2, -0.15) is 0 Å². The van der Waals surface area contributed by atoms with Gasteiger partial charge in [0.15, 0.2) is 0 Å². The van der Waals surface area contributed by atoms with Crippen molar-refractivity contribution in [3.8, 4) is 5.88 Å². The van der Waals surface area contributed by atoms with Crippen molar-refractivity contribution in [1.29, 1.82) is 0 Å². The number of hydrogen-bond acceptors (Lipinski definition) is 4. The fourth-order valence-electron chi connectivity index (χ4n) is 1.61. The van der Waals surface area contributed by atoms with Gasteiger partial charge < -0.3 is 4.74 Å². The molecule has 0 spiro atoms. The first-order valence-corrected chi connectivity index (χ1v) is 6.22. The number of thioether (sulfide) groups is 1. The highest BCUT2D eigenvalue weighted by atomic mass is 32.2. The van der Waals surface area contributed by atoms with E-state index in [0.717, 1.165) is 0 Å². The van der Waals surface area contributed by atoms with Gasteiger partial charge >= 0.3 is 0 Å². The Kier molecular flexibility index (Phi) is 3.49. The SMILES string of the molecule is COc1ccc(C2NC(C)CCS2)cn1. The van der Waals surface area contributed by atoms with Gasteiger partial charge in [0.1, 0.15) is 0 Å². The summed E-state index contributed by atoms with van der Waals surface area (Å²) < 4.78 is 5.04. The van der Waals surface area contributed by atoms with Gasteiger partial charge in [-0.05, 0) is 30.7 Å². The number of nitrogens with one attached hydrogen (secondary N) is 1. The number of pyridine rings is 1. The Hall–Kier alpha value is -0.740. The second-order valence-corrected chi connectivity index (χ2v) is 4.95. The van der Waals surface area contributed by atoms with E-state index in [9.17, 15) is 0 Å². The van der Waals surface area contributed by atoms with E-state index in [0.29, 0.717) is 17.3 Å². The van der Waals surface area contributed by atoms with Crippen LogP contribution < -0.4 is 10.1 Å². The Labute approximate surface area is 94.6 Å². The molecule has 1 aliphatic heterocycles. The number of methoxy groups -OCH3 is 1. The Bertz CT molecular complexity index is 315. The molecule has 2 heterocycles. The van der Waals surface area contributed by atoms with Crippen LogP contribution in [-0.2, 0) is 0 Å². The van der Waals surface area contributed by atoms with Crippen LogP contribution in [0.1, 0.15) is 24.3 Å². The fourth-order valence-corrected chi connectivity index (χ4v) is 3.00. The van der Waals surface area contributed by atoms with Gasteiger partial charge in [-0.15, -0.1) is 11.8 Å². The first-order valence-electron chi connectivity index (χ1n) is 5.17. The predicted molar refractivity (Wildman–Crippen MR) is 63.2 cm³/mol. The van der Waals surface area contributed by atoms with Crippen LogP contribution in [0.25, 0.3) is 0 Å². The molecular formula is C11H16N2OS. The number of aromatic nitrogens is 1. The maximum Gasteiger partial charge on any atom is 0.212 e. The molecule has 1 N–H and O–H groups in total. The smallest absolute Gasteiger partial charge is 0.212 e. The Morgan fingerprint density at radius 1 is 1.53 bits per heavy atom. The lowest BCUT2D eigenvalue weighted by molar-refractivity contribution is 0.397. The molecule has 0 bridgehead atoms. The molecule has 0 aromatic carbocycles. The average Bonchev–Trinajstić information content (AvgIpc) is 2.29. The molecule has 0 aliphatic carbocycles. The molecular weight excluding hydrogens is 208 g/mol. The molecule has 0 saturated carbocycles. The molecule has 2 atom stereocenters. The maximum atomic E-state index is 5.04. The van der Waals surface area contributed by atoms with Crippen LogP contribution in [0.5, 0.6) is 5.88 Å². The van der Waals surface area contributed by atoms with Crippen molar-refractivity contribution in [2.45, 2.75) is 24.8 Å². The number of ether oxygens (including phenoxy) is 1. The molecule has 4 heteroatoms. The third-order valence-corrected chi connectivity index (χ3v) is 3.76. The van der Waals surface area contributed by atoms with Crippen molar-refractivity contribution in [1.82, 2.24) is 10.3 Å². The lowest BCUT2D eigenvalue weighted by Gasteiger charge is -2.28. The summed E-state index contributed by atoms with van der Waals surface area (Å²) in [6.07, 6.45) is 3.13. The largest absolute Gasteiger partial charge is 0.481 e. The van der Waals surface area contributed by atoms with Crippen molar-refractivity contribution in [3.63, 3.8) is 0 Å². The van der Waals surface area contributed by atoms with Crippen LogP contribution in [0.2, 0.25) is 0 Å². The zero-order valence-corrected chi connectivity index (χ0v) is 9.88. The molecule has 15 heavy (non-hydrogen) atoms. The van der Waals surface area contributed by atoms with Gasteiger partial charge in [-0.25, -0.2) is 4.98 Å². The highest BCUT2D eigenvalue weighted by Crippen LogP contribution is 2.31. The van der Waals surface area contributed by atoms with Gasteiger partial charge in [0.05, 0.1) is 12.5 Å². The van der Waals surface area contributed by atoms with E-state index in [-0.39, 0.29) is 0 Å². The zero-order valence-electron chi connectivity index (χ0n) is 9.06. The van der Waals surface area contributed by atoms with Crippen LogP contribution in [0, 0.1) is 0 Å². The number of rotatable bonds is 2. The minimum atomic E-state index is 0.382. The third-order valence-electron chi connectivity index (χ3n) is 2.54. The van der Waals surface area contributed by atoms with Crippen LogP contribution in [0.15, 0.2) is 18.3 Å². The average molecular weight is 224 g/mol. The van der Waals surface area contributed by atoms with E-state index in [1.807, 2.05) is 24.0 Å². The Balaban J connectivity index is 2.07.